The minimum absolute atomic E-state index is 0.686. The topological polar surface area (TPSA) is 54.7 Å². The summed E-state index contributed by atoms with van der Waals surface area (Å²) in [4.78, 5) is 7.32. The molecule has 0 aromatic carbocycles. The molecule has 72 valence electrons. The standard InChI is InChI=1S/C10H17N3/c11-9-7-12-10(13-9)6-8-4-2-1-3-5-8/h7-8H,1-6,11H2,(H,12,13). The smallest absolute Gasteiger partial charge is 0.120 e. The van der Waals surface area contributed by atoms with Gasteiger partial charge >= 0.3 is 0 Å². The third-order valence-corrected chi connectivity index (χ3v) is 2.85. The third-order valence-electron chi connectivity index (χ3n) is 2.85. The number of hydrogen-bond donors (Lipinski definition) is 2. The number of hydrogen-bond acceptors (Lipinski definition) is 2. The number of nitrogens with zero attached hydrogens (tertiary/aromatic N) is 1. The number of rotatable bonds is 2. The number of aromatic nitrogens is 2. The predicted molar refractivity (Wildman–Crippen MR) is 53.3 cm³/mol. The van der Waals surface area contributed by atoms with Crippen LogP contribution >= 0.6 is 0 Å². The molecule has 0 bridgehead atoms. The van der Waals surface area contributed by atoms with Gasteiger partial charge in [0.1, 0.15) is 11.6 Å². The fourth-order valence-electron chi connectivity index (χ4n) is 2.15. The van der Waals surface area contributed by atoms with Crippen molar-refractivity contribution in [3.8, 4) is 0 Å². The van der Waals surface area contributed by atoms with Crippen molar-refractivity contribution in [2.45, 2.75) is 38.5 Å². The summed E-state index contributed by atoms with van der Waals surface area (Å²) in [5.41, 5.74) is 5.57. The highest BCUT2D eigenvalue weighted by atomic mass is 15.0. The summed E-state index contributed by atoms with van der Waals surface area (Å²) in [7, 11) is 0. The maximum atomic E-state index is 5.57. The summed E-state index contributed by atoms with van der Waals surface area (Å²) in [6, 6.07) is 0. The monoisotopic (exact) mass is 179 g/mol. The van der Waals surface area contributed by atoms with Gasteiger partial charge in [0.25, 0.3) is 0 Å². The van der Waals surface area contributed by atoms with E-state index in [4.69, 9.17) is 5.73 Å². The van der Waals surface area contributed by atoms with Crippen molar-refractivity contribution in [3.63, 3.8) is 0 Å². The van der Waals surface area contributed by atoms with E-state index in [-0.39, 0.29) is 0 Å². The first kappa shape index (κ1) is 8.60. The first-order valence-corrected chi connectivity index (χ1v) is 5.14. The fourth-order valence-corrected chi connectivity index (χ4v) is 2.15. The number of nitrogen functional groups attached to an aromatic ring is 1. The van der Waals surface area contributed by atoms with Gasteiger partial charge in [0.15, 0.2) is 0 Å². The second-order valence-corrected chi connectivity index (χ2v) is 3.99. The lowest BCUT2D eigenvalue weighted by molar-refractivity contribution is 0.352. The zero-order valence-electron chi connectivity index (χ0n) is 7.92. The normalized spacial score (nSPS) is 19.1. The molecule has 1 fully saturated rings. The molecule has 1 saturated carbocycles. The molecule has 1 heterocycles. The van der Waals surface area contributed by atoms with Gasteiger partial charge < -0.3 is 10.7 Å². The van der Waals surface area contributed by atoms with Crippen LogP contribution in [0.2, 0.25) is 0 Å². The fraction of sp³-hybridized carbons (Fsp3) is 0.700. The van der Waals surface area contributed by atoms with Gasteiger partial charge in [0.2, 0.25) is 0 Å². The Kier molecular flexibility index (Phi) is 2.52. The van der Waals surface area contributed by atoms with E-state index in [2.05, 4.69) is 9.97 Å². The second-order valence-electron chi connectivity index (χ2n) is 3.99. The molecule has 0 saturated heterocycles. The molecule has 1 aliphatic carbocycles. The van der Waals surface area contributed by atoms with Crippen LogP contribution in [-0.4, -0.2) is 9.97 Å². The van der Waals surface area contributed by atoms with E-state index in [1.807, 2.05) is 0 Å². The van der Waals surface area contributed by atoms with Crippen molar-refractivity contribution in [2.24, 2.45) is 5.92 Å². The van der Waals surface area contributed by atoms with Crippen LogP contribution in [-0.2, 0) is 6.42 Å². The molecule has 1 aromatic rings. The Morgan fingerprint density at radius 2 is 2.15 bits per heavy atom. The maximum Gasteiger partial charge on any atom is 0.120 e. The van der Waals surface area contributed by atoms with E-state index in [0.717, 1.165) is 18.2 Å². The molecule has 0 aliphatic heterocycles. The highest BCUT2D eigenvalue weighted by Crippen LogP contribution is 2.25. The van der Waals surface area contributed by atoms with Gasteiger partial charge in [-0.15, -0.1) is 0 Å². The molecule has 13 heavy (non-hydrogen) atoms. The Bertz CT molecular complexity index is 261. The molecule has 0 amide bonds. The molecule has 1 aromatic heterocycles. The lowest BCUT2D eigenvalue weighted by Crippen LogP contribution is -2.10. The molecule has 3 nitrogen and oxygen atoms in total. The van der Waals surface area contributed by atoms with Crippen molar-refractivity contribution in [3.05, 3.63) is 12.0 Å². The van der Waals surface area contributed by atoms with Crippen LogP contribution in [0.3, 0.4) is 0 Å². The minimum Gasteiger partial charge on any atom is -0.384 e. The van der Waals surface area contributed by atoms with Crippen LogP contribution in [0.25, 0.3) is 0 Å². The van der Waals surface area contributed by atoms with Crippen LogP contribution < -0.4 is 5.73 Å². The Hall–Kier alpha value is -0.990. The predicted octanol–water partition coefficient (Wildman–Crippen LogP) is 2.11. The number of aromatic amines is 1. The van der Waals surface area contributed by atoms with Gasteiger partial charge in [-0.1, -0.05) is 32.1 Å². The van der Waals surface area contributed by atoms with Crippen molar-refractivity contribution < 1.29 is 0 Å². The highest BCUT2D eigenvalue weighted by molar-refractivity contribution is 5.24. The summed E-state index contributed by atoms with van der Waals surface area (Å²) in [5, 5.41) is 0. The van der Waals surface area contributed by atoms with Crippen LogP contribution in [0.1, 0.15) is 37.9 Å². The van der Waals surface area contributed by atoms with Gasteiger partial charge in [-0.05, 0) is 5.92 Å². The molecule has 2 rings (SSSR count). The van der Waals surface area contributed by atoms with Crippen LogP contribution in [0.15, 0.2) is 6.20 Å². The second kappa shape index (κ2) is 3.81. The van der Waals surface area contributed by atoms with E-state index in [1.54, 1.807) is 6.20 Å². The largest absolute Gasteiger partial charge is 0.384 e. The average molecular weight is 179 g/mol. The highest BCUT2D eigenvalue weighted by Gasteiger charge is 2.14. The zero-order valence-corrected chi connectivity index (χ0v) is 7.92. The van der Waals surface area contributed by atoms with Crippen LogP contribution in [0.5, 0.6) is 0 Å². The van der Waals surface area contributed by atoms with Crippen LogP contribution in [0, 0.1) is 5.92 Å². The molecule has 0 spiro atoms. The Balaban J connectivity index is 1.89. The van der Waals surface area contributed by atoms with Gasteiger partial charge in [-0.3, -0.25) is 0 Å². The van der Waals surface area contributed by atoms with Crippen molar-refractivity contribution in [1.82, 2.24) is 9.97 Å². The number of anilines is 1. The van der Waals surface area contributed by atoms with Gasteiger partial charge in [-0.25, -0.2) is 4.98 Å². The van der Waals surface area contributed by atoms with Crippen molar-refractivity contribution >= 4 is 5.82 Å². The minimum atomic E-state index is 0.686. The summed E-state index contributed by atoms with van der Waals surface area (Å²) in [6.07, 6.45) is 9.70. The molecule has 3 heteroatoms. The summed E-state index contributed by atoms with van der Waals surface area (Å²) in [5.74, 6) is 2.58. The van der Waals surface area contributed by atoms with E-state index in [9.17, 15) is 0 Å². The molecule has 3 N–H and O–H groups in total. The van der Waals surface area contributed by atoms with Gasteiger partial charge in [-0.2, -0.15) is 0 Å². The lowest BCUT2D eigenvalue weighted by Gasteiger charge is -2.20. The quantitative estimate of drug-likeness (QED) is 0.730. The Morgan fingerprint density at radius 1 is 1.38 bits per heavy atom. The molecule has 1 aliphatic rings. The Labute approximate surface area is 78.7 Å². The lowest BCUT2D eigenvalue weighted by atomic mass is 9.87. The number of imidazole rings is 1. The van der Waals surface area contributed by atoms with E-state index < -0.39 is 0 Å². The number of nitrogens with two attached hydrogens (primary N) is 1. The van der Waals surface area contributed by atoms with Crippen molar-refractivity contribution in [2.75, 3.05) is 5.73 Å². The molecule has 0 radical (unpaired) electrons. The van der Waals surface area contributed by atoms with E-state index >= 15 is 0 Å². The van der Waals surface area contributed by atoms with Gasteiger partial charge in [0.05, 0.1) is 6.20 Å². The number of nitrogens with one attached hydrogen (secondary N) is 1. The first-order valence-electron chi connectivity index (χ1n) is 5.14. The molecular weight excluding hydrogens is 162 g/mol. The molecule has 0 unspecified atom stereocenters. The van der Waals surface area contributed by atoms with E-state index in [1.165, 1.54) is 32.1 Å². The Morgan fingerprint density at radius 3 is 2.77 bits per heavy atom. The SMILES string of the molecule is Nc1cnc(CC2CCCCC2)[nH]1. The third kappa shape index (κ3) is 2.23. The number of H-pyrrole nitrogens is 1. The van der Waals surface area contributed by atoms with Crippen LogP contribution in [0.4, 0.5) is 5.82 Å². The van der Waals surface area contributed by atoms with Gasteiger partial charge in [0, 0.05) is 6.42 Å². The summed E-state index contributed by atoms with van der Waals surface area (Å²) >= 11 is 0. The zero-order chi connectivity index (χ0) is 9.10. The average Bonchev–Trinajstić information content (AvgIpc) is 2.53. The summed E-state index contributed by atoms with van der Waals surface area (Å²) in [6.45, 7) is 0. The molecular formula is C10H17N3. The maximum absolute atomic E-state index is 5.57. The van der Waals surface area contributed by atoms with E-state index in [0.29, 0.717) is 5.82 Å². The molecule has 0 atom stereocenters. The first-order chi connectivity index (χ1) is 6.34. The van der Waals surface area contributed by atoms with Crippen molar-refractivity contribution in [1.29, 1.82) is 0 Å². The summed E-state index contributed by atoms with van der Waals surface area (Å²) < 4.78 is 0.